The molecule has 1 atom stereocenters. The van der Waals surface area contributed by atoms with Crippen molar-refractivity contribution in [3.05, 3.63) is 41.2 Å². The molecule has 0 spiro atoms. The summed E-state index contributed by atoms with van der Waals surface area (Å²) in [5, 5.41) is 5.72. The van der Waals surface area contributed by atoms with Crippen molar-refractivity contribution in [1.82, 2.24) is 10.3 Å². The number of nitrogens with one attached hydrogen (secondary N) is 1. The first-order valence-electron chi connectivity index (χ1n) is 8.02. The molecule has 2 aromatic rings. The largest absolute Gasteiger partial charge is 0.309 e. The minimum absolute atomic E-state index is 0.0408. The SMILES string of the molecule is CCN(C(C)=O)c1nc(CN[C@H]2CN(c3ccc(F)cc3)C2=O)cs1. The first-order chi connectivity index (χ1) is 12.0. The van der Waals surface area contributed by atoms with Gasteiger partial charge >= 0.3 is 0 Å². The summed E-state index contributed by atoms with van der Waals surface area (Å²) in [7, 11) is 0. The third-order valence-electron chi connectivity index (χ3n) is 4.06. The molecule has 0 aliphatic carbocycles. The Kier molecular flexibility index (Phi) is 5.10. The highest BCUT2D eigenvalue weighted by Crippen LogP contribution is 2.24. The fourth-order valence-electron chi connectivity index (χ4n) is 2.65. The van der Waals surface area contributed by atoms with Gasteiger partial charge in [-0.05, 0) is 31.2 Å². The Morgan fingerprint density at radius 1 is 1.44 bits per heavy atom. The fraction of sp³-hybridized carbons (Fsp3) is 0.353. The Bertz CT molecular complexity index is 777. The summed E-state index contributed by atoms with van der Waals surface area (Å²) in [6.45, 7) is 4.98. The molecule has 25 heavy (non-hydrogen) atoms. The van der Waals surface area contributed by atoms with Gasteiger partial charge in [-0.3, -0.25) is 19.8 Å². The van der Waals surface area contributed by atoms with E-state index in [0.717, 1.165) is 5.69 Å². The summed E-state index contributed by atoms with van der Waals surface area (Å²) in [6, 6.07) is 5.60. The zero-order valence-corrected chi connectivity index (χ0v) is 14.8. The van der Waals surface area contributed by atoms with Crippen molar-refractivity contribution >= 4 is 34.0 Å². The normalized spacial score (nSPS) is 16.7. The van der Waals surface area contributed by atoms with Crippen LogP contribution in [0.1, 0.15) is 19.5 Å². The smallest absolute Gasteiger partial charge is 0.246 e. The molecule has 2 amide bonds. The van der Waals surface area contributed by atoms with Crippen molar-refractivity contribution in [1.29, 1.82) is 0 Å². The first-order valence-corrected chi connectivity index (χ1v) is 8.90. The van der Waals surface area contributed by atoms with Crippen LogP contribution in [0.25, 0.3) is 0 Å². The number of thiazole rings is 1. The van der Waals surface area contributed by atoms with Gasteiger partial charge in [0.2, 0.25) is 11.8 Å². The highest BCUT2D eigenvalue weighted by Gasteiger charge is 2.37. The number of carbonyl (C=O) groups is 2. The number of nitrogens with zero attached hydrogens (tertiary/aromatic N) is 3. The number of benzene rings is 1. The van der Waals surface area contributed by atoms with Gasteiger partial charge in [-0.15, -0.1) is 11.3 Å². The molecule has 1 aliphatic rings. The number of rotatable bonds is 6. The van der Waals surface area contributed by atoms with Crippen molar-refractivity contribution in [3.8, 4) is 0 Å². The lowest BCUT2D eigenvalue weighted by Crippen LogP contribution is -2.62. The predicted molar refractivity (Wildman–Crippen MR) is 95.2 cm³/mol. The Morgan fingerprint density at radius 2 is 2.16 bits per heavy atom. The van der Waals surface area contributed by atoms with Gasteiger partial charge in [-0.2, -0.15) is 0 Å². The Balaban J connectivity index is 1.54. The average molecular weight is 362 g/mol. The van der Waals surface area contributed by atoms with Crippen molar-refractivity contribution in [3.63, 3.8) is 0 Å². The van der Waals surface area contributed by atoms with Gasteiger partial charge in [0.25, 0.3) is 0 Å². The summed E-state index contributed by atoms with van der Waals surface area (Å²) in [5.41, 5.74) is 1.49. The van der Waals surface area contributed by atoms with Crippen LogP contribution in [0.2, 0.25) is 0 Å². The first kappa shape index (κ1) is 17.5. The average Bonchev–Trinajstić information content (AvgIpc) is 3.04. The van der Waals surface area contributed by atoms with Gasteiger partial charge in [0.1, 0.15) is 11.9 Å². The van der Waals surface area contributed by atoms with Gasteiger partial charge in [0, 0.05) is 31.1 Å². The molecule has 3 rings (SSSR count). The second-order valence-electron chi connectivity index (χ2n) is 5.74. The van der Waals surface area contributed by atoms with Crippen molar-refractivity contribution in [2.45, 2.75) is 26.4 Å². The number of halogens is 1. The van der Waals surface area contributed by atoms with Crippen LogP contribution in [-0.4, -0.2) is 35.9 Å². The lowest BCUT2D eigenvalue weighted by atomic mass is 10.1. The highest BCUT2D eigenvalue weighted by atomic mass is 32.1. The summed E-state index contributed by atoms with van der Waals surface area (Å²) < 4.78 is 12.9. The third kappa shape index (κ3) is 3.69. The number of amides is 2. The van der Waals surface area contributed by atoms with Gasteiger partial charge in [-0.1, -0.05) is 0 Å². The van der Waals surface area contributed by atoms with Crippen LogP contribution in [-0.2, 0) is 16.1 Å². The van der Waals surface area contributed by atoms with Gasteiger partial charge in [0.05, 0.1) is 12.2 Å². The van der Waals surface area contributed by atoms with Crippen LogP contribution in [0.4, 0.5) is 15.2 Å². The molecule has 1 aromatic carbocycles. The van der Waals surface area contributed by atoms with Gasteiger partial charge < -0.3 is 4.90 Å². The summed E-state index contributed by atoms with van der Waals surface area (Å²) in [5.74, 6) is -0.404. The van der Waals surface area contributed by atoms with Crippen molar-refractivity contribution < 1.29 is 14.0 Å². The fourth-order valence-corrected chi connectivity index (χ4v) is 3.59. The Morgan fingerprint density at radius 3 is 2.76 bits per heavy atom. The number of anilines is 2. The lowest BCUT2D eigenvalue weighted by Gasteiger charge is -2.38. The topological polar surface area (TPSA) is 65.5 Å². The molecule has 1 fully saturated rings. The van der Waals surface area contributed by atoms with E-state index in [0.29, 0.717) is 30.5 Å². The van der Waals surface area contributed by atoms with Gasteiger partial charge in [0.15, 0.2) is 5.13 Å². The van der Waals surface area contributed by atoms with Crippen LogP contribution >= 0.6 is 11.3 Å². The van der Waals surface area contributed by atoms with Crippen LogP contribution in [0.5, 0.6) is 0 Å². The van der Waals surface area contributed by atoms with Crippen LogP contribution < -0.4 is 15.1 Å². The summed E-state index contributed by atoms with van der Waals surface area (Å²) >= 11 is 1.41. The predicted octanol–water partition coefficient (Wildman–Crippen LogP) is 2.16. The van der Waals surface area contributed by atoms with E-state index in [9.17, 15) is 14.0 Å². The minimum Gasteiger partial charge on any atom is -0.309 e. The number of hydrogen-bond donors (Lipinski definition) is 1. The molecule has 1 N–H and O–H groups in total. The summed E-state index contributed by atoms with van der Waals surface area (Å²) in [4.78, 5) is 31.4. The highest BCUT2D eigenvalue weighted by molar-refractivity contribution is 7.14. The Hall–Kier alpha value is -2.32. The second kappa shape index (κ2) is 7.28. The van der Waals surface area contributed by atoms with E-state index in [2.05, 4.69) is 10.3 Å². The van der Waals surface area contributed by atoms with E-state index in [1.54, 1.807) is 21.9 Å². The molecule has 1 aliphatic heterocycles. The number of aromatic nitrogens is 1. The van der Waals surface area contributed by atoms with Crippen LogP contribution in [0.15, 0.2) is 29.6 Å². The van der Waals surface area contributed by atoms with E-state index in [1.165, 1.54) is 30.4 Å². The molecule has 0 radical (unpaired) electrons. The molecule has 1 aromatic heterocycles. The minimum atomic E-state index is -0.322. The maximum absolute atomic E-state index is 12.9. The van der Waals surface area contributed by atoms with Crippen molar-refractivity contribution in [2.24, 2.45) is 0 Å². The van der Waals surface area contributed by atoms with E-state index in [-0.39, 0.29) is 23.7 Å². The molecule has 2 heterocycles. The molecule has 1 saturated heterocycles. The maximum atomic E-state index is 12.9. The zero-order valence-electron chi connectivity index (χ0n) is 14.0. The Labute approximate surface area is 149 Å². The number of β-lactam (4-membered cyclic amide) rings is 1. The molecule has 0 saturated carbocycles. The van der Waals surface area contributed by atoms with E-state index >= 15 is 0 Å². The van der Waals surface area contributed by atoms with E-state index in [1.807, 2.05) is 12.3 Å². The molecule has 8 heteroatoms. The van der Waals surface area contributed by atoms with Gasteiger partial charge in [-0.25, -0.2) is 9.37 Å². The molecular formula is C17H19FN4O2S. The number of hydrogen-bond acceptors (Lipinski definition) is 5. The molecule has 6 nitrogen and oxygen atoms in total. The monoisotopic (exact) mass is 362 g/mol. The molecular weight excluding hydrogens is 343 g/mol. The van der Waals surface area contributed by atoms with Crippen molar-refractivity contribution in [2.75, 3.05) is 22.9 Å². The zero-order chi connectivity index (χ0) is 18.0. The summed E-state index contributed by atoms with van der Waals surface area (Å²) in [6.07, 6.45) is 0. The number of carbonyl (C=O) groups excluding carboxylic acids is 2. The lowest BCUT2D eigenvalue weighted by molar-refractivity contribution is -0.124. The van der Waals surface area contributed by atoms with E-state index < -0.39 is 0 Å². The van der Waals surface area contributed by atoms with Crippen LogP contribution in [0.3, 0.4) is 0 Å². The maximum Gasteiger partial charge on any atom is 0.246 e. The van der Waals surface area contributed by atoms with E-state index in [4.69, 9.17) is 0 Å². The molecule has 0 bridgehead atoms. The molecule has 0 unspecified atom stereocenters. The second-order valence-corrected chi connectivity index (χ2v) is 6.58. The quantitative estimate of drug-likeness (QED) is 0.800. The third-order valence-corrected chi connectivity index (χ3v) is 4.98. The standard InChI is InChI=1S/C17H19FN4O2S/c1-3-21(11(2)23)17-20-13(10-25-17)8-19-15-9-22(16(15)24)14-6-4-12(18)5-7-14/h4-7,10,15,19H,3,8-9H2,1-2H3/t15-/m0/s1. The molecule has 132 valence electrons. The van der Waals surface area contributed by atoms with Crippen LogP contribution in [0, 0.1) is 5.82 Å².